The number of aliphatic hydroxyl groups is 1. The first-order valence-corrected chi connectivity index (χ1v) is 7.95. The number of aromatic nitrogens is 1. The van der Waals surface area contributed by atoms with Gasteiger partial charge in [0.05, 0.1) is 6.10 Å². The highest BCUT2D eigenvalue weighted by molar-refractivity contribution is 5.73. The van der Waals surface area contributed by atoms with Gasteiger partial charge in [0.25, 0.3) is 0 Å². The van der Waals surface area contributed by atoms with Gasteiger partial charge in [-0.15, -0.1) is 0 Å². The predicted molar refractivity (Wildman–Crippen MR) is 93.4 cm³/mol. The van der Waals surface area contributed by atoms with E-state index in [1.165, 1.54) is 0 Å². The van der Waals surface area contributed by atoms with Crippen LogP contribution in [0.15, 0.2) is 18.3 Å². The van der Waals surface area contributed by atoms with Crippen molar-refractivity contribution in [2.75, 3.05) is 25.5 Å². The number of rotatable bonds is 7. The van der Waals surface area contributed by atoms with Gasteiger partial charge in [0, 0.05) is 38.8 Å². The van der Waals surface area contributed by atoms with Gasteiger partial charge < -0.3 is 20.6 Å². The maximum absolute atomic E-state index is 11.9. The molecule has 1 atom stereocenters. The van der Waals surface area contributed by atoms with E-state index >= 15 is 0 Å². The van der Waals surface area contributed by atoms with Gasteiger partial charge in [-0.3, -0.25) is 0 Å². The first kappa shape index (κ1) is 19.2. The van der Waals surface area contributed by atoms with E-state index in [0.717, 1.165) is 11.4 Å². The lowest BCUT2D eigenvalue weighted by molar-refractivity contribution is 0.0151. The summed E-state index contributed by atoms with van der Waals surface area (Å²) in [4.78, 5) is 18.1. The molecule has 1 aromatic heterocycles. The number of amides is 2. The number of aliphatic hydroxyl groups excluding tert-OH is 1. The highest BCUT2D eigenvalue weighted by Crippen LogP contribution is 2.24. The summed E-state index contributed by atoms with van der Waals surface area (Å²) >= 11 is 0. The van der Waals surface area contributed by atoms with Crippen molar-refractivity contribution in [1.82, 2.24) is 15.6 Å². The SMILES string of the molecule is CC(C)C(O)C(C)(C)CNC(=O)NCc1ccnc(N(C)C)c1. The van der Waals surface area contributed by atoms with E-state index in [4.69, 9.17) is 0 Å². The molecule has 0 aliphatic carbocycles. The number of hydrogen-bond acceptors (Lipinski definition) is 4. The monoisotopic (exact) mass is 322 g/mol. The third kappa shape index (κ3) is 6.06. The fourth-order valence-corrected chi connectivity index (χ4v) is 2.37. The van der Waals surface area contributed by atoms with E-state index in [9.17, 15) is 9.90 Å². The standard InChI is InChI=1S/C17H30N4O2/c1-12(2)15(22)17(3,4)11-20-16(23)19-10-13-7-8-18-14(9-13)21(5)6/h7-9,12,15,22H,10-11H2,1-6H3,(H2,19,20,23). The van der Waals surface area contributed by atoms with Crippen LogP contribution in [0.4, 0.5) is 10.6 Å². The molecule has 6 nitrogen and oxygen atoms in total. The average molecular weight is 322 g/mol. The van der Waals surface area contributed by atoms with E-state index in [1.54, 1.807) is 6.20 Å². The van der Waals surface area contributed by atoms with Gasteiger partial charge >= 0.3 is 6.03 Å². The second-order valence-corrected chi connectivity index (χ2v) is 7.13. The Labute approximate surface area is 139 Å². The Hall–Kier alpha value is -1.82. The molecule has 0 aliphatic rings. The Bertz CT molecular complexity index is 515. The number of pyridine rings is 1. The fourth-order valence-electron chi connectivity index (χ4n) is 2.37. The maximum Gasteiger partial charge on any atom is 0.315 e. The molecule has 0 fully saturated rings. The van der Waals surface area contributed by atoms with Crippen LogP contribution in [0.1, 0.15) is 33.3 Å². The lowest BCUT2D eigenvalue weighted by Gasteiger charge is -2.33. The van der Waals surface area contributed by atoms with E-state index in [2.05, 4.69) is 15.6 Å². The molecule has 3 N–H and O–H groups in total. The molecule has 23 heavy (non-hydrogen) atoms. The second-order valence-electron chi connectivity index (χ2n) is 7.13. The predicted octanol–water partition coefficient (Wildman–Crippen LogP) is 1.99. The molecule has 0 saturated heterocycles. The van der Waals surface area contributed by atoms with Crippen molar-refractivity contribution >= 4 is 11.8 Å². The maximum atomic E-state index is 11.9. The van der Waals surface area contributed by atoms with Crippen LogP contribution >= 0.6 is 0 Å². The number of anilines is 1. The molecule has 1 heterocycles. The molecular weight excluding hydrogens is 292 g/mol. The topological polar surface area (TPSA) is 77.5 Å². The molecule has 1 unspecified atom stereocenters. The number of carbonyl (C=O) groups excluding carboxylic acids is 1. The van der Waals surface area contributed by atoms with E-state index in [1.807, 2.05) is 58.8 Å². The third-order valence-electron chi connectivity index (χ3n) is 3.86. The summed E-state index contributed by atoms with van der Waals surface area (Å²) in [7, 11) is 3.85. The normalized spacial score (nSPS) is 12.9. The average Bonchev–Trinajstić information content (AvgIpc) is 2.50. The Morgan fingerprint density at radius 1 is 1.35 bits per heavy atom. The highest BCUT2D eigenvalue weighted by Gasteiger charge is 2.30. The van der Waals surface area contributed by atoms with Crippen molar-refractivity contribution in [3.8, 4) is 0 Å². The van der Waals surface area contributed by atoms with Crippen LogP contribution in [0.25, 0.3) is 0 Å². The molecule has 1 aromatic rings. The molecule has 2 amide bonds. The summed E-state index contributed by atoms with van der Waals surface area (Å²) in [6.07, 6.45) is 1.26. The lowest BCUT2D eigenvalue weighted by atomic mass is 9.81. The Morgan fingerprint density at radius 2 is 2.00 bits per heavy atom. The van der Waals surface area contributed by atoms with Crippen LogP contribution in [0.3, 0.4) is 0 Å². The molecule has 0 bridgehead atoms. The summed E-state index contributed by atoms with van der Waals surface area (Å²) in [6, 6.07) is 3.57. The van der Waals surface area contributed by atoms with Gasteiger partial charge in [-0.2, -0.15) is 0 Å². The Balaban J connectivity index is 2.47. The van der Waals surface area contributed by atoms with Gasteiger partial charge in [0.15, 0.2) is 0 Å². The second kappa shape index (κ2) is 8.15. The zero-order valence-corrected chi connectivity index (χ0v) is 15.1. The Kier molecular flexibility index (Phi) is 6.81. The molecule has 130 valence electrons. The van der Waals surface area contributed by atoms with Crippen LogP contribution in [0, 0.1) is 11.3 Å². The molecular formula is C17H30N4O2. The number of hydrogen-bond donors (Lipinski definition) is 3. The van der Waals surface area contributed by atoms with Gasteiger partial charge in [-0.25, -0.2) is 9.78 Å². The van der Waals surface area contributed by atoms with E-state index in [-0.39, 0.29) is 17.4 Å². The van der Waals surface area contributed by atoms with Crippen molar-refractivity contribution < 1.29 is 9.90 Å². The molecule has 6 heteroatoms. The number of nitrogens with one attached hydrogen (secondary N) is 2. The molecule has 0 aromatic carbocycles. The zero-order chi connectivity index (χ0) is 17.6. The smallest absolute Gasteiger partial charge is 0.315 e. The molecule has 0 aliphatic heterocycles. The highest BCUT2D eigenvalue weighted by atomic mass is 16.3. The third-order valence-corrected chi connectivity index (χ3v) is 3.86. The van der Waals surface area contributed by atoms with Crippen LogP contribution in [-0.4, -0.2) is 42.9 Å². The van der Waals surface area contributed by atoms with Crippen molar-refractivity contribution in [3.05, 3.63) is 23.9 Å². The van der Waals surface area contributed by atoms with Crippen LogP contribution in [-0.2, 0) is 6.54 Å². The van der Waals surface area contributed by atoms with Crippen molar-refractivity contribution in [1.29, 1.82) is 0 Å². The lowest BCUT2D eigenvalue weighted by Crippen LogP contribution is -2.46. The summed E-state index contributed by atoms with van der Waals surface area (Å²) in [5.41, 5.74) is 0.612. The van der Waals surface area contributed by atoms with Gasteiger partial charge in [-0.05, 0) is 23.6 Å². The quantitative estimate of drug-likeness (QED) is 0.717. The molecule has 0 radical (unpaired) electrons. The van der Waals surface area contributed by atoms with Crippen LogP contribution in [0.5, 0.6) is 0 Å². The van der Waals surface area contributed by atoms with Crippen LogP contribution in [0.2, 0.25) is 0 Å². The Morgan fingerprint density at radius 3 is 2.57 bits per heavy atom. The van der Waals surface area contributed by atoms with Crippen LogP contribution < -0.4 is 15.5 Å². The molecule has 0 spiro atoms. The fraction of sp³-hybridized carbons (Fsp3) is 0.647. The number of nitrogens with zero attached hydrogens (tertiary/aromatic N) is 2. The summed E-state index contributed by atoms with van der Waals surface area (Å²) < 4.78 is 0. The van der Waals surface area contributed by atoms with Crippen molar-refractivity contribution in [2.24, 2.45) is 11.3 Å². The minimum absolute atomic E-state index is 0.149. The van der Waals surface area contributed by atoms with E-state index in [0.29, 0.717) is 13.1 Å². The number of urea groups is 1. The minimum Gasteiger partial charge on any atom is -0.392 e. The van der Waals surface area contributed by atoms with Crippen molar-refractivity contribution in [2.45, 2.75) is 40.3 Å². The zero-order valence-electron chi connectivity index (χ0n) is 15.1. The summed E-state index contributed by atoms with van der Waals surface area (Å²) in [5, 5.41) is 15.8. The minimum atomic E-state index is -0.467. The first-order valence-electron chi connectivity index (χ1n) is 7.95. The summed E-state index contributed by atoms with van der Waals surface area (Å²) in [5.74, 6) is 1.00. The van der Waals surface area contributed by atoms with E-state index < -0.39 is 6.10 Å². The number of carbonyl (C=O) groups is 1. The first-order chi connectivity index (χ1) is 10.6. The molecule has 0 saturated carbocycles. The van der Waals surface area contributed by atoms with Gasteiger partial charge in [0.1, 0.15) is 5.82 Å². The van der Waals surface area contributed by atoms with Gasteiger partial charge in [-0.1, -0.05) is 27.7 Å². The summed E-state index contributed by atoms with van der Waals surface area (Å²) in [6.45, 7) is 8.69. The van der Waals surface area contributed by atoms with Crippen molar-refractivity contribution in [3.63, 3.8) is 0 Å². The molecule has 1 rings (SSSR count). The van der Waals surface area contributed by atoms with Gasteiger partial charge in [0.2, 0.25) is 0 Å². The largest absolute Gasteiger partial charge is 0.392 e.